The fourth-order valence-corrected chi connectivity index (χ4v) is 3.73. The molecular weight excluding hydrogens is 374 g/mol. The van der Waals surface area contributed by atoms with Gasteiger partial charge in [-0.25, -0.2) is 4.90 Å². The number of anilines is 1. The summed E-state index contributed by atoms with van der Waals surface area (Å²) in [7, 11) is 1.46. The third kappa shape index (κ3) is 3.35. The zero-order valence-corrected chi connectivity index (χ0v) is 15.5. The van der Waals surface area contributed by atoms with Crippen LogP contribution in [0.2, 0.25) is 5.02 Å². The highest BCUT2D eigenvalue weighted by Crippen LogP contribution is 2.41. The number of carbonyl (C=O) groups is 2. The maximum Gasteiger partial charge on any atom is 0.272 e. The van der Waals surface area contributed by atoms with Gasteiger partial charge in [0.2, 0.25) is 0 Å². The molecule has 2 amide bonds. The van der Waals surface area contributed by atoms with Crippen molar-refractivity contribution in [2.45, 2.75) is 0 Å². The predicted molar refractivity (Wildman–Crippen MR) is 103 cm³/mol. The zero-order valence-electron chi connectivity index (χ0n) is 13.9. The van der Waals surface area contributed by atoms with Crippen LogP contribution in [0.15, 0.2) is 53.4 Å². The number of aliphatic hydroxyl groups is 1. The Balaban J connectivity index is 2.12. The van der Waals surface area contributed by atoms with E-state index in [4.69, 9.17) is 21.4 Å². The van der Waals surface area contributed by atoms with Gasteiger partial charge in [-0.05, 0) is 23.8 Å². The Hall–Kier alpha value is -2.28. The Morgan fingerprint density at radius 2 is 1.85 bits per heavy atom. The molecule has 2 aromatic carbocycles. The summed E-state index contributed by atoms with van der Waals surface area (Å²) in [6.07, 6.45) is 0. The quantitative estimate of drug-likeness (QED) is 0.767. The Labute approximate surface area is 160 Å². The van der Waals surface area contributed by atoms with Crippen molar-refractivity contribution in [2.75, 3.05) is 24.4 Å². The number of benzene rings is 2. The van der Waals surface area contributed by atoms with Gasteiger partial charge < -0.3 is 9.84 Å². The summed E-state index contributed by atoms with van der Waals surface area (Å²) < 4.78 is 5.30. The minimum absolute atomic E-state index is 0.0990. The molecule has 134 valence electrons. The van der Waals surface area contributed by atoms with Gasteiger partial charge in [0.25, 0.3) is 11.8 Å². The molecule has 0 spiro atoms. The number of nitrogens with zero attached hydrogens (tertiary/aromatic N) is 1. The summed E-state index contributed by atoms with van der Waals surface area (Å²) in [6.45, 7) is -0.0990. The number of amides is 2. The second kappa shape index (κ2) is 7.95. The molecule has 0 aliphatic carbocycles. The van der Waals surface area contributed by atoms with Crippen LogP contribution >= 0.6 is 23.4 Å². The van der Waals surface area contributed by atoms with Crippen LogP contribution < -0.4 is 9.64 Å². The summed E-state index contributed by atoms with van der Waals surface area (Å²) in [4.78, 5) is 27.6. The second-order valence-corrected chi connectivity index (χ2v) is 6.95. The number of hydrogen-bond acceptors (Lipinski definition) is 5. The number of ether oxygens (including phenoxy) is 1. The van der Waals surface area contributed by atoms with E-state index in [1.165, 1.54) is 13.2 Å². The van der Waals surface area contributed by atoms with Crippen LogP contribution in [0, 0.1) is 0 Å². The van der Waals surface area contributed by atoms with Crippen LogP contribution in [0.4, 0.5) is 5.69 Å². The van der Waals surface area contributed by atoms with Crippen molar-refractivity contribution in [3.05, 3.63) is 64.0 Å². The summed E-state index contributed by atoms with van der Waals surface area (Å²) in [5.41, 5.74) is 1.26. The molecule has 2 aromatic rings. The molecule has 1 N–H and O–H groups in total. The lowest BCUT2D eigenvalue weighted by Gasteiger charge is -2.18. The fourth-order valence-electron chi connectivity index (χ4n) is 2.71. The van der Waals surface area contributed by atoms with Gasteiger partial charge in [0, 0.05) is 10.8 Å². The van der Waals surface area contributed by atoms with Crippen molar-refractivity contribution >= 4 is 46.4 Å². The average molecular weight is 390 g/mol. The smallest absolute Gasteiger partial charge is 0.272 e. The van der Waals surface area contributed by atoms with Crippen molar-refractivity contribution in [2.24, 2.45) is 0 Å². The van der Waals surface area contributed by atoms with Crippen LogP contribution in [0.5, 0.6) is 5.75 Å². The summed E-state index contributed by atoms with van der Waals surface area (Å²) in [5.74, 6) is -0.211. The molecule has 0 atom stereocenters. The molecule has 1 heterocycles. The van der Waals surface area contributed by atoms with E-state index >= 15 is 0 Å². The third-order valence-electron chi connectivity index (χ3n) is 3.82. The molecule has 7 heteroatoms. The molecule has 26 heavy (non-hydrogen) atoms. The topological polar surface area (TPSA) is 66.8 Å². The second-order valence-electron chi connectivity index (χ2n) is 5.40. The van der Waals surface area contributed by atoms with E-state index in [9.17, 15) is 9.59 Å². The van der Waals surface area contributed by atoms with Gasteiger partial charge in [-0.2, -0.15) is 0 Å². The molecular formula is C19H16ClNO4S. The van der Waals surface area contributed by atoms with Gasteiger partial charge in [-0.15, -0.1) is 11.8 Å². The van der Waals surface area contributed by atoms with E-state index in [0.717, 1.165) is 16.7 Å². The van der Waals surface area contributed by atoms with Crippen molar-refractivity contribution in [3.8, 4) is 5.75 Å². The Morgan fingerprint density at radius 1 is 1.12 bits per heavy atom. The zero-order chi connectivity index (χ0) is 18.7. The first-order valence-electron chi connectivity index (χ1n) is 7.84. The molecule has 1 aliphatic rings. The van der Waals surface area contributed by atoms with Gasteiger partial charge in [-0.1, -0.05) is 41.9 Å². The molecule has 0 saturated heterocycles. The highest BCUT2D eigenvalue weighted by Gasteiger charge is 2.41. The predicted octanol–water partition coefficient (Wildman–Crippen LogP) is 3.36. The normalized spacial score (nSPS) is 14.3. The average Bonchev–Trinajstić information content (AvgIpc) is 2.90. The fraction of sp³-hybridized carbons (Fsp3) is 0.158. The molecule has 3 rings (SSSR count). The standard InChI is InChI=1S/C19H16ClNO4S/c1-25-15-8-7-13(20)11-14(15)21-18(23)16(12-5-3-2-4-6-12)17(19(21)24)26-10-9-22/h2-8,11,22H,9-10H2,1H3. The molecule has 5 nitrogen and oxygen atoms in total. The number of rotatable bonds is 6. The molecule has 0 bridgehead atoms. The van der Waals surface area contributed by atoms with Gasteiger partial charge in [0.05, 0.1) is 29.9 Å². The summed E-state index contributed by atoms with van der Waals surface area (Å²) in [6, 6.07) is 13.8. The van der Waals surface area contributed by atoms with Crippen molar-refractivity contribution < 1.29 is 19.4 Å². The van der Waals surface area contributed by atoms with E-state index < -0.39 is 11.8 Å². The molecule has 0 radical (unpaired) electrons. The number of aliphatic hydroxyl groups excluding tert-OH is 1. The molecule has 1 aliphatic heterocycles. The molecule has 0 unspecified atom stereocenters. The van der Waals surface area contributed by atoms with Crippen LogP contribution in [-0.2, 0) is 9.59 Å². The van der Waals surface area contributed by atoms with Gasteiger partial charge in [-0.3, -0.25) is 9.59 Å². The van der Waals surface area contributed by atoms with E-state index in [1.807, 2.05) is 6.07 Å². The van der Waals surface area contributed by atoms with Gasteiger partial charge >= 0.3 is 0 Å². The minimum atomic E-state index is -0.451. The number of thioether (sulfide) groups is 1. The number of carbonyl (C=O) groups excluding carboxylic acids is 2. The lowest BCUT2D eigenvalue weighted by molar-refractivity contribution is -0.119. The maximum atomic E-state index is 13.1. The lowest BCUT2D eigenvalue weighted by atomic mass is 10.1. The van der Waals surface area contributed by atoms with Gasteiger partial charge in [0.1, 0.15) is 5.75 Å². The van der Waals surface area contributed by atoms with Crippen molar-refractivity contribution in [1.82, 2.24) is 0 Å². The van der Waals surface area contributed by atoms with E-state index in [0.29, 0.717) is 38.3 Å². The summed E-state index contributed by atoms with van der Waals surface area (Å²) >= 11 is 7.22. The highest BCUT2D eigenvalue weighted by atomic mass is 35.5. The van der Waals surface area contributed by atoms with Gasteiger partial charge in [0.15, 0.2) is 0 Å². The summed E-state index contributed by atoms with van der Waals surface area (Å²) in [5, 5.41) is 9.53. The number of imide groups is 1. The Morgan fingerprint density at radius 3 is 2.50 bits per heavy atom. The first kappa shape index (κ1) is 18.5. The first-order valence-corrected chi connectivity index (χ1v) is 9.20. The van der Waals surface area contributed by atoms with Crippen LogP contribution in [0.3, 0.4) is 0 Å². The number of hydrogen-bond donors (Lipinski definition) is 1. The largest absolute Gasteiger partial charge is 0.495 e. The van der Waals surface area contributed by atoms with E-state index in [1.54, 1.807) is 36.4 Å². The van der Waals surface area contributed by atoms with E-state index in [-0.39, 0.29) is 6.61 Å². The monoisotopic (exact) mass is 389 g/mol. The van der Waals surface area contributed by atoms with Crippen molar-refractivity contribution in [1.29, 1.82) is 0 Å². The number of methoxy groups -OCH3 is 1. The highest BCUT2D eigenvalue weighted by molar-refractivity contribution is 8.04. The van der Waals surface area contributed by atoms with Crippen LogP contribution in [-0.4, -0.2) is 36.4 Å². The maximum absolute atomic E-state index is 13.1. The lowest BCUT2D eigenvalue weighted by Crippen LogP contribution is -2.31. The SMILES string of the molecule is COc1ccc(Cl)cc1N1C(=O)C(SCCO)=C(c2ccccc2)C1=O. The first-order chi connectivity index (χ1) is 12.6. The molecule has 0 aromatic heterocycles. The Bertz CT molecular complexity index is 882. The molecule has 0 saturated carbocycles. The van der Waals surface area contributed by atoms with Crippen molar-refractivity contribution in [3.63, 3.8) is 0 Å². The molecule has 0 fully saturated rings. The minimum Gasteiger partial charge on any atom is -0.495 e. The van der Waals surface area contributed by atoms with E-state index in [2.05, 4.69) is 0 Å². The Kier molecular flexibility index (Phi) is 5.66. The van der Waals surface area contributed by atoms with Crippen LogP contribution in [0.25, 0.3) is 5.57 Å². The third-order valence-corrected chi connectivity index (χ3v) is 5.11. The van der Waals surface area contributed by atoms with Crippen LogP contribution in [0.1, 0.15) is 5.56 Å². The number of halogens is 1.